The van der Waals surface area contributed by atoms with Crippen molar-refractivity contribution in [3.8, 4) is 17.2 Å². The van der Waals surface area contributed by atoms with E-state index in [4.69, 9.17) is 18.6 Å². The van der Waals surface area contributed by atoms with Crippen molar-refractivity contribution in [3.63, 3.8) is 0 Å². The Morgan fingerprint density at radius 3 is 2.23 bits per heavy atom. The Morgan fingerprint density at radius 2 is 1.55 bits per heavy atom. The van der Waals surface area contributed by atoms with Gasteiger partial charge in [-0.15, -0.1) is 0 Å². The summed E-state index contributed by atoms with van der Waals surface area (Å²) in [7, 11) is -4.37. The van der Waals surface area contributed by atoms with Gasteiger partial charge in [0.15, 0.2) is 11.2 Å². The van der Waals surface area contributed by atoms with Crippen LogP contribution in [0, 0.1) is 23.2 Å². The van der Waals surface area contributed by atoms with Crippen molar-refractivity contribution in [1.29, 1.82) is 0 Å². The molecule has 0 unspecified atom stereocenters. The van der Waals surface area contributed by atoms with E-state index in [-0.39, 0.29) is 50.4 Å². The summed E-state index contributed by atoms with van der Waals surface area (Å²) < 4.78 is 54.7. The first kappa shape index (κ1) is 23.9. The van der Waals surface area contributed by atoms with Crippen LogP contribution in [-0.2, 0) is 14.9 Å². The number of furan rings is 2. The van der Waals surface area contributed by atoms with Gasteiger partial charge in [-0.3, -0.25) is 9.35 Å². The third kappa shape index (κ3) is 3.37. The van der Waals surface area contributed by atoms with E-state index in [0.717, 1.165) is 38.5 Å². The SMILES string of the molecule is O=C1Oc2c(OC(=O)C34CC5CC(CC(C5)C3)C4)c3oc2c1c3C(=O)Oc1ccc2cc(S(=O)(=O)O)ccc2c1. The topological polar surface area (TPSA) is 146 Å². The van der Waals surface area contributed by atoms with Crippen molar-refractivity contribution in [1.82, 2.24) is 0 Å². The zero-order valence-corrected chi connectivity index (χ0v) is 21.8. The molecule has 11 heteroatoms. The first-order valence-corrected chi connectivity index (χ1v) is 14.6. The molecule has 9 rings (SSSR count). The maximum Gasteiger partial charge on any atom is 0.348 e. The average molecular weight is 563 g/mol. The van der Waals surface area contributed by atoms with Crippen molar-refractivity contribution < 1.29 is 46.0 Å². The molecule has 3 heterocycles. The van der Waals surface area contributed by atoms with Crippen LogP contribution in [0.1, 0.15) is 59.2 Å². The second-order valence-corrected chi connectivity index (χ2v) is 13.1. The van der Waals surface area contributed by atoms with Crippen LogP contribution < -0.4 is 14.2 Å². The first-order valence-electron chi connectivity index (χ1n) is 13.2. The Balaban J connectivity index is 1.10. The second kappa shape index (κ2) is 7.82. The highest BCUT2D eigenvalue weighted by atomic mass is 32.2. The number of esters is 3. The molecule has 0 amide bonds. The van der Waals surface area contributed by atoms with E-state index in [0.29, 0.717) is 28.5 Å². The van der Waals surface area contributed by atoms with Gasteiger partial charge in [-0.05, 0) is 91.3 Å². The number of carbonyl (C=O) groups is 3. The molecule has 2 aromatic heterocycles. The number of benzene rings is 3. The molecule has 4 aromatic rings. The molecule has 4 fully saturated rings. The minimum atomic E-state index is -4.37. The van der Waals surface area contributed by atoms with Crippen LogP contribution in [0.5, 0.6) is 17.2 Å². The standard InChI is InChI=1S/C29H22O10S/c30-26(36-18-3-1-17-9-19(40(33,34)35)4-2-16(17)8-18)20-21-22-24(38-27(21)31)25(23(20)37-22)39-28(32)29-10-13-5-14(11-29)7-15(6-13)12-29/h1-4,8-9,13-15H,5-7,10-12H2,(H,33,34,35). The second-order valence-electron chi connectivity index (χ2n) is 11.7. The lowest BCUT2D eigenvalue weighted by molar-refractivity contribution is -0.161. The van der Waals surface area contributed by atoms with Gasteiger partial charge < -0.3 is 18.6 Å². The Bertz CT molecular complexity index is 1860. The van der Waals surface area contributed by atoms with Crippen molar-refractivity contribution in [2.24, 2.45) is 23.2 Å². The summed E-state index contributed by atoms with van der Waals surface area (Å²) in [5.74, 6) is -0.388. The van der Waals surface area contributed by atoms with Crippen LogP contribution in [0.2, 0.25) is 0 Å². The van der Waals surface area contributed by atoms with E-state index in [1.54, 1.807) is 0 Å². The van der Waals surface area contributed by atoms with Crippen LogP contribution in [0.4, 0.5) is 0 Å². The zero-order valence-electron chi connectivity index (χ0n) is 21.0. The van der Waals surface area contributed by atoms with Gasteiger partial charge in [0.25, 0.3) is 10.1 Å². The third-order valence-corrected chi connectivity index (χ3v) is 9.94. The minimum absolute atomic E-state index is 0.0185. The number of hydrogen-bond donors (Lipinski definition) is 1. The Morgan fingerprint density at radius 1 is 0.900 bits per heavy atom. The predicted molar refractivity (Wildman–Crippen MR) is 137 cm³/mol. The monoisotopic (exact) mass is 562 g/mol. The van der Waals surface area contributed by atoms with Gasteiger partial charge in [0.1, 0.15) is 16.9 Å². The molecular formula is C29H22O10S. The Kier molecular flexibility index (Phi) is 4.67. The van der Waals surface area contributed by atoms with E-state index in [1.165, 1.54) is 36.4 Å². The first-order chi connectivity index (χ1) is 19.1. The fourth-order valence-corrected chi connectivity index (χ4v) is 8.34. The molecule has 2 aromatic carbocycles. The van der Waals surface area contributed by atoms with Gasteiger partial charge in [0.05, 0.1) is 10.3 Å². The maximum atomic E-state index is 13.6. The molecule has 40 heavy (non-hydrogen) atoms. The highest BCUT2D eigenvalue weighted by Crippen LogP contribution is 2.61. The molecule has 0 atom stereocenters. The third-order valence-electron chi connectivity index (χ3n) is 9.09. The van der Waals surface area contributed by atoms with Crippen LogP contribution >= 0.6 is 0 Å². The molecule has 4 aliphatic carbocycles. The number of fused-ring (bicyclic) bond motifs is 2. The predicted octanol–water partition coefficient (Wildman–Crippen LogP) is 5.14. The fraction of sp³-hybridized carbons (Fsp3) is 0.345. The molecule has 10 nitrogen and oxygen atoms in total. The molecule has 0 spiro atoms. The number of rotatable bonds is 5. The van der Waals surface area contributed by atoms with Gasteiger partial charge in [0.2, 0.25) is 11.5 Å². The quantitative estimate of drug-likeness (QED) is 0.197. The van der Waals surface area contributed by atoms with E-state index >= 15 is 0 Å². The van der Waals surface area contributed by atoms with Crippen molar-refractivity contribution in [2.75, 3.05) is 0 Å². The van der Waals surface area contributed by atoms with Crippen LogP contribution in [-0.4, -0.2) is 30.9 Å². The van der Waals surface area contributed by atoms with Crippen LogP contribution in [0.3, 0.4) is 0 Å². The van der Waals surface area contributed by atoms with Gasteiger partial charge in [-0.1, -0.05) is 12.1 Å². The molecule has 204 valence electrons. The largest absolute Gasteiger partial charge is 0.447 e. The summed E-state index contributed by atoms with van der Waals surface area (Å²) in [4.78, 5) is 39.3. The highest BCUT2D eigenvalue weighted by molar-refractivity contribution is 7.85. The summed E-state index contributed by atoms with van der Waals surface area (Å²) in [5.41, 5.74) is -0.811. The molecule has 1 N–H and O–H groups in total. The van der Waals surface area contributed by atoms with Crippen molar-refractivity contribution in [3.05, 3.63) is 47.5 Å². The van der Waals surface area contributed by atoms with Crippen LogP contribution in [0.25, 0.3) is 21.9 Å². The summed E-state index contributed by atoms with van der Waals surface area (Å²) in [5, 5.41) is 1.05. The van der Waals surface area contributed by atoms with E-state index in [1.807, 2.05) is 0 Å². The molecule has 0 radical (unpaired) electrons. The number of ether oxygens (including phenoxy) is 3. The van der Waals surface area contributed by atoms with E-state index < -0.39 is 27.5 Å². The summed E-state index contributed by atoms with van der Waals surface area (Å²) in [6, 6.07) is 8.49. The summed E-state index contributed by atoms with van der Waals surface area (Å²) in [6.45, 7) is 0. The Labute approximate surface area is 227 Å². The fourth-order valence-electron chi connectivity index (χ4n) is 7.82. The van der Waals surface area contributed by atoms with Gasteiger partial charge in [0, 0.05) is 0 Å². The number of carbonyl (C=O) groups excluding carboxylic acids is 3. The molecule has 0 saturated heterocycles. The van der Waals surface area contributed by atoms with Gasteiger partial charge >= 0.3 is 17.9 Å². The lowest BCUT2D eigenvalue weighted by atomic mass is 9.49. The molecular weight excluding hydrogens is 540 g/mol. The maximum absolute atomic E-state index is 13.6. The summed E-state index contributed by atoms with van der Waals surface area (Å²) in [6.07, 6.45) is 5.85. The summed E-state index contributed by atoms with van der Waals surface area (Å²) >= 11 is 0. The molecule has 1 aliphatic heterocycles. The van der Waals surface area contributed by atoms with Crippen molar-refractivity contribution in [2.45, 2.75) is 43.4 Å². The number of hydrogen-bond acceptors (Lipinski definition) is 9. The average Bonchev–Trinajstić information content (AvgIpc) is 3.51. The normalized spacial score (nSPS) is 26.5. The Hall–Kier alpha value is -3.96. The lowest BCUT2D eigenvalue weighted by Crippen LogP contribution is -2.51. The van der Waals surface area contributed by atoms with E-state index in [9.17, 15) is 27.4 Å². The van der Waals surface area contributed by atoms with Crippen LogP contribution in [0.15, 0.2) is 45.7 Å². The molecule has 6 bridgehead atoms. The lowest BCUT2D eigenvalue weighted by Gasteiger charge is -2.55. The smallest absolute Gasteiger partial charge is 0.348 e. The highest BCUT2D eigenvalue weighted by Gasteiger charge is 2.56. The zero-order chi connectivity index (χ0) is 27.6. The molecule has 4 saturated carbocycles. The van der Waals surface area contributed by atoms with Gasteiger partial charge in [-0.2, -0.15) is 8.42 Å². The van der Waals surface area contributed by atoms with Gasteiger partial charge in [-0.25, -0.2) is 9.59 Å². The molecule has 5 aliphatic rings. The minimum Gasteiger partial charge on any atom is -0.447 e. The van der Waals surface area contributed by atoms with Crippen molar-refractivity contribution >= 4 is 50.0 Å². The van der Waals surface area contributed by atoms with E-state index in [2.05, 4.69) is 0 Å².